The predicted molar refractivity (Wildman–Crippen MR) is 132 cm³/mol. The standard InChI is InChI=1S/C26H26ClFN6O2/c1-14-15(2)31-24-23(30-14)22(19-7-4-17(27)10-20(19)28)32-25(33-24)26(35-3)8-9-36-21(11-26)16-12-29-34(13-16)18-5-6-18/h4,7,10,12-13,18,21H,5-6,8-9,11H2,1-3H3. The molecule has 8 nitrogen and oxygen atoms in total. The Labute approximate surface area is 212 Å². The topological polar surface area (TPSA) is 87.8 Å². The van der Waals surface area contributed by atoms with E-state index in [1.54, 1.807) is 19.2 Å². The maximum absolute atomic E-state index is 15.1. The number of aromatic nitrogens is 6. The summed E-state index contributed by atoms with van der Waals surface area (Å²) in [5, 5.41) is 4.83. The van der Waals surface area contributed by atoms with E-state index in [1.807, 2.05) is 24.7 Å². The highest BCUT2D eigenvalue weighted by Crippen LogP contribution is 2.44. The molecule has 4 heterocycles. The van der Waals surface area contributed by atoms with Crippen LogP contribution < -0.4 is 0 Å². The van der Waals surface area contributed by atoms with E-state index in [4.69, 9.17) is 31.0 Å². The van der Waals surface area contributed by atoms with Crippen LogP contribution in [0.1, 0.15) is 60.6 Å². The van der Waals surface area contributed by atoms with E-state index < -0.39 is 11.4 Å². The van der Waals surface area contributed by atoms with Crippen molar-refractivity contribution in [3.05, 3.63) is 64.2 Å². The maximum atomic E-state index is 15.1. The largest absolute Gasteiger partial charge is 0.373 e. The third-order valence-electron chi connectivity index (χ3n) is 7.18. The molecule has 2 unspecified atom stereocenters. The van der Waals surface area contributed by atoms with E-state index in [-0.39, 0.29) is 11.7 Å². The Bertz CT molecular complexity index is 1470. The average molecular weight is 509 g/mol. The van der Waals surface area contributed by atoms with Gasteiger partial charge in [-0.3, -0.25) is 4.68 Å². The van der Waals surface area contributed by atoms with Gasteiger partial charge in [0.15, 0.2) is 11.5 Å². The molecule has 3 aromatic heterocycles. The molecule has 4 aromatic rings. The minimum Gasteiger partial charge on any atom is -0.373 e. The van der Waals surface area contributed by atoms with Crippen molar-refractivity contribution in [1.82, 2.24) is 29.7 Å². The molecule has 1 saturated carbocycles. The van der Waals surface area contributed by atoms with Gasteiger partial charge in [0.05, 0.1) is 36.3 Å². The number of hydrogen-bond donors (Lipinski definition) is 0. The molecule has 1 aromatic carbocycles. The van der Waals surface area contributed by atoms with E-state index in [9.17, 15) is 0 Å². The second-order valence-corrected chi connectivity index (χ2v) is 10.0. The van der Waals surface area contributed by atoms with Crippen LogP contribution in [0.2, 0.25) is 5.02 Å². The maximum Gasteiger partial charge on any atom is 0.182 e. The highest BCUT2D eigenvalue weighted by molar-refractivity contribution is 6.30. The molecule has 1 aliphatic heterocycles. The summed E-state index contributed by atoms with van der Waals surface area (Å²) in [6.07, 6.45) is 7.04. The fourth-order valence-corrected chi connectivity index (χ4v) is 4.92. The SMILES string of the molecule is COC1(c2nc(-c3ccc(Cl)cc3F)c3nc(C)c(C)nc3n2)CCOC(c2cnn(C3CC3)c2)C1. The Kier molecular flexibility index (Phi) is 5.74. The number of rotatable bonds is 5. The van der Waals surface area contributed by atoms with Crippen molar-refractivity contribution in [3.8, 4) is 11.3 Å². The molecule has 36 heavy (non-hydrogen) atoms. The first-order chi connectivity index (χ1) is 17.4. The molecule has 186 valence electrons. The van der Waals surface area contributed by atoms with E-state index in [0.717, 1.165) is 29.8 Å². The number of nitrogens with zero attached hydrogens (tertiary/aromatic N) is 6. The molecular formula is C26H26ClFN6O2. The van der Waals surface area contributed by atoms with Gasteiger partial charge in [-0.1, -0.05) is 11.6 Å². The van der Waals surface area contributed by atoms with E-state index >= 15 is 4.39 Å². The van der Waals surface area contributed by atoms with Crippen LogP contribution in [0.5, 0.6) is 0 Å². The Hall–Kier alpha value is -3.01. The molecule has 1 aliphatic carbocycles. The van der Waals surface area contributed by atoms with Gasteiger partial charge in [0.25, 0.3) is 0 Å². The molecule has 0 amide bonds. The number of benzene rings is 1. The van der Waals surface area contributed by atoms with Gasteiger partial charge in [0.1, 0.15) is 22.6 Å². The molecule has 10 heteroatoms. The van der Waals surface area contributed by atoms with Crippen LogP contribution in [0.25, 0.3) is 22.4 Å². The summed E-state index contributed by atoms with van der Waals surface area (Å²) in [5.74, 6) is -0.0559. The van der Waals surface area contributed by atoms with Crippen LogP contribution in [0, 0.1) is 19.7 Å². The molecule has 0 spiro atoms. The van der Waals surface area contributed by atoms with Gasteiger partial charge < -0.3 is 9.47 Å². The van der Waals surface area contributed by atoms with Gasteiger partial charge in [-0.2, -0.15) is 5.10 Å². The van der Waals surface area contributed by atoms with Gasteiger partial charge in [0.2, 0.25) is 0 Å². The van der Waals surface area contributed by atoms with Crippen LogP contribution in [-0.4, -0.2) is 43.4 Å². The first kappa shape index (κ1) is 23.4. The second kappa shape index (κ2) is 8.83. The van der Waals surface area contributed by atoms with E-state index in [1.165, 1.54) is 6.07 Å². The van der Waals surface area contributed by atoms with Crippen molar-refractivity contribution in [2.45, 2.75) is 57.3 Å². The molecule has 0 radical (unpaired) electrons. The zero-order chi connectivity index (χ0) is 25.0. The smallest absolute Gasteiger partial charge is 0.182 e. The van der Waals surface area contributed by atoms with Gasteiger partial charge >= 0.3 is 0 Å². The Morgan fingerprint density at radius 3 is 2.69 bits per heavy atom. The number of halogens is 2. The third kappa shape index (κ3) is 4.05. The molecule has 2 atom stereocenters. The van der Waals surface area contributed by atoms with Crippen LogP contribution in [0.3, 0.4) is 0 Å². The van der Waals surface area contributed by atoms with Crippen LogP contribution in [-0.2, 0) is 15.1 Å². The highest BCUT2D eigenvalue weighted by Gasteiger charge is 2.43. The summed E-state index contributed by atoms with van der Waals surface area (Å²) >= 11 is 6.02. The van der Waals surface area contributed by atoms with Crippen molar-refractivity contribution in [3.63, 3.8) is 0 Å². The Morgan fingerprint density at radius 1 is 1.14 bits per heavy atom. The lowest BCUT2D eigenvalue weighted by Gasteiger charge is -2.38. The van der Waals surface area contributed by atoms with E-state index in [2.05, 4.69) is 21.3 Å². The summed E-state index contributed by atoms with van der Waals surface area (Å²) in [4.78, 5) is 19.0. The zero-order valence-corrected chi connectivity index (χ0v) is 21.1. The first-order valence-corrected chi connectivity index (χ1v) is 12.4. The lowest BCUT2D eigenvalue weighted by atomic mass is 9.87. The minimum atomic E-state index is -0.850. The monoisotopic (exact) mass is 508 g/mol. The number of aryl methyl sites for hydroxylation is 2. The van der Waals surface area contributed by atoms with Gasteiger partial charge in [-0.25, -0.2) is 24.3 Å². The highest BCUT2D eigenvalue weighted by atomic mass is 35.5. The number of hydrogen-bond acceptors (Lipinski definition) is 7. The summed E-state index contributed by atoms with van der Waals surface area (Å²) in [6, 6.07) is 5.00. The van der Waals surface area contributed by atoms with Crippen LogP contribution in [0.15, 0.2) is 30.6 Å². The summed E-state index contributed by atoms with van der Waals surface area (Å²) in [6.45, 7) is 4.19. The van der Waals surface area contributed by atoms with Gasteiger partial charge in [-0.05, 0) is 44.9 Å². The van der Waals surface area contributed by atoms with Crippen LogP contribution >= 0.6 is 11.6 Å². The number of fused-ring (bicyclic) bond motifs is 1. The molecule has 0 bridgehead atoms. The number of methoxy groups -OCH3 is 1. The molecular weight excluding hydrogens is 483 g/mol. The average Bonchev–Trinajstić information content (AvgIpc) is 3.60. The van der Waals surface area contributed by atoms with Crippen molar-refractivity contribution in [2.75, 3.05) is 13.7 Å². The quantitative estimate of drug-likeness (QED) is 0.355. The molecule has 1 saturated heterocycles. The van der Waals surface area contributed by atoms with E-state index in [0.29, 0.717) is 53.2 Å². The molecule has 6 rings (SSSR count). The zero-order valence-electron chi connectivity index (χ0n) is 20.3. The molecule has 2 fully saturated rings. The van der Waals surface area contributed by atoms with Crippen molar-refractivity contribution in [2.24, 2.45) is 0 Å². The summed E-state index contributed by atoms with van der Waals surface area (Å²) in [5.41, 5.74) is 3.10. The normalized spacial score (nSPS) is 22.3. The number of ether oxygens (including phenoxy) is 2. The summed E-state index contributed by atoms with van der Waals surface area (Å²) < 4.78 is 29.4. The fourth-order valence-electron chi connectivity index (χ4n) is 4.76. The fraction of sp³-hybridized carbons (Fsp3) is 0.423. The predicted octanol–water partition coefficient (Wildman–Crippen LogP) is 5.42. The van der Waals surface area contributed by atoms with Crippen molar-refractivity contribution in [1.29, 1.82) is 0 Å². The third-order valence-corrected chi connectivity index (χ3v) is 7.42. The molecule has 2 aliphatic rings. The summed E-state index contributed by atoms with van der Waals surface area (Å²) in [7, 11) is 1.65. The van der Waals surface area contributed by atoms with Gasteiger partial charge in [0, 0.05) is 42.3 Å². The van der Waals surface area contributed by atoms with Crippen molar-refractivity contribution < 1.29 is 13.9 Å². The lowest BCUT2D eigenvalue weighted by Crippen LogP contribution is -2.39. The van der Waals surface area contributed by atoms with Crippen LogP contribution in [0.4, 0.5) is 4.39 Å². The Morgan fingerprint density at radius 2 is 1.94 bits per heavy atom. The minimum absolute atomic E-state index is 0.230. The Balaban J connectivity index is 1.48. The molecule has 0 N–H and O–H groups in total. The first-order valence-electron chi connectivity index (χ1n) is 12.1. The lowest BCUT2D eigenvalue weighted by molar-refractivity contribution is -0.133. The second-order valence-electron chi connectivity index (χ2n) is 9.58. The van der Waals surface area contributed by atoms with Gasteiger partial charge in [-0.15, -0.1) is 0 Å². The van der Waals surface area contributed by atoms with Crippen molar-refractivity contribution >= 4 is 22.8 Å².